The normalized spacial score (nSPS) is 19.9. The van der Waals surface area contributed by atoms with Gasteiger partial charge in [-0.05, 0) is 36.4 Å². The van der Waals surface area contributed by atoms with Crippen LogP contribution in [0.2, 0.25) is 5.02 Å². The highest BCUT2D eigenvalue weighted by Gasteiger charge is 2.32. The molecule has 28 heavy (non-hydrogen) atoms. The van der Waals surface area contributed by atoms with Crippen LogP contribution in [-0.2, 0) is 4.74 Å². The molecule has 2 saturated heterocycles. The molecule has 0 saturated carbocycles. The fourth-order valence-corrected chi connectivity index (χ4v) is 3.84. The van der Waals surface area contributed by atoms with Gasteiger partial charge in [-0.25, -0.2) is 9.18 Å². The Hall–Kier alpha value is -2.51. The zero-order valence-electron chi connectivity index (χ0n) is 15.4. The number of piperazine rings is 1. The minimum absolute atomic E-state index is 0.250. The molecule has 1 atom stereocenters. The van der Waals surface area contributed by atoms with E-state index in [2.05, 4.69) is 4.90 Å². The standard InChI is InChI=1S/C20H22ClFN4O2/c21-14-2-1-3-15(10-14)24-6-8-25(9-7-24)19-5-4-16(11-18(19)22)26-13-17(12-23)28-20(26)27/h1-5,10-11,17H,6-9,12-13,23H2/t17-/m0/s1. The molecule has 4 rings (SSSR count). The summed E-state index contributed by atoms with van der Waals surface area (Å²) in [6, 6.07) is 12.6. The van der Waals surface area contributed by atoms with Gasteiger partial charge in [0, 0.05) is 43.4 Å². The largest absolute Gasteiger partial charge is 0.443 e. The van der Waals surface area contributed by atoms with E-state index in [0.29, 0.717) is 36.0 Å². The average Bonchev–Trinajstić information content (AvgIpc) is 3.09. The SMILES string of the molecule is NC[C@H]1CN(c2ccc(N3CCN(c4cccc(Cl)c4)CC3)c(F)c2)C(=O)O1. The Morgan fingerprint density at radius 2 is 1.82 bits per heavy atom. The molecule has 0 radical (unpaired) electrons. The molecule has 2 aliphatic rings. The van der Waals surface area contributed by atoms with Gasteiger partial charge in [0.15, 0.2) is 0 Å². The zero-order valence-corrected chi connectivity index (χ0v) is 16.1. The number of ether oxygens (including phenoxy) is 1. The second kappa shape index (κ2) is 7.85. The number of hydrogen-bond acceptors (Lipinski definition) is 5. The van der Waals surface area contributed by atoms with Crippen LogP contribution < -0.4 is 20.4 Å². The van der Waals surface area contributed by atoms with Gasteiger partial charge in [-0.1, -0.05) is 17.7 Å². The molecule has 2 heterocycles. The first-order valence-electron chi connectivity index (χ1n) is 9.28. The van der Waals surface area contributed by atoms with E-state index in [-0.39, 0.29) is 18.5 Å². The lowest BCUT2D eigenvalue weighted by Gasteiger charge is -2.37. The lowest BCUT2D eigenvalue weighted by molar-refractivity contribution is 0.145. The predicted octanol–water partition coefficient (Wildman–Crippen LogP) is 3.09. The number of nitrogens with zero attached hydrogens (tertiary/aromatic N) is 3. The van der Waals surface area contributed by atoms with Crippen LogP contribution in [0.5, 0.6) is 0 Å². The highest BCUT2D eigenvalue weighted by Crippen LogP contribution is 2.29. The van der Waals surface area contributed by atoms with E-state index in [1.165, 1.54) is 11.0 Å². The summed E-state index contributed by atoms with van der Waals surface area (Å²) in [5.74, 6) is -0.349. The van der Waals surface area contributed by atoms with Gasteiger partial charge in [0.25, 0.3) is 0 Å². The highest BCUT2D eigenvalue weighted by atomic mass is 35.5. The lowest BCUT2D eigenvalue weighted by atomic mass is 10.2. The lowest BCUT2D eigenvalue weighted by Crippen LogP contribution is -2.46. The molecule has 0 aliphatic carbocycles. The third-order valence-electron chi connectivity index (χ3n) is 5.17. The van der Waals surface area contributed by atoms with E-state index >= 15 is 0 Å². The fourth-order valence-electron chi connectivity index (χ4n) is 3.65. The monoisotopic (exact) mass is 404 g/mol. The average molecular weight is 405 g/mol. The molecule has 0 bridgehead atoms. The van der Waals surface area contributed by atoms with Gasteiger partial charge in [0.1, 0.15) is 11.9 Å². The first-order valence-corrected chi connectivity index (χ1v) is 9.66. The van der Waals surface area contributed by atoms with Crippen LogP contribution in [-0.4, -0.2) is 51.5 Å². The molecule has 8 heteroatoms. The molecule has 2 N–H and O–H groups in total. The third-order valence-corrected chi connectivity index (χ3v) is 5.41. The summed E-state index contributed by atoms with van der Waals surface area (Å²) < 4.78 is 19.9. The summed E-state index contributed by atoms with van der Waals surface area (Å²) in [5.41, 5.74) is 7.65. The van der Waals surface area contributed by atoms with Gasteiger partial charge in [-0.15, -0.1) is 0 Å². The van der Waals surface area contributed by atoms with E-state index in [1.54, 1.807) is 12.1 Å². The van der Waals surface area contributed by atoms with Crippen LogP contribution in [0.1, 0.15) is 0 Å². The van der Waals surface area contributed by atoms with Crippen LogP contribution in [0.15, 0.2) is 42.5 Å². The van der Waals surface area contributed by atoms with Crippen molar-refractivity contribution in [2.75, 3.05) is 54.0 Å². The zero-order chi connectivity index (χ0) is 19.7. The van der Waals surface area contributed by atoms with Gasteiger partial charge in [-0.2, -0.15) is 0 Å². The number of carbonyl (C=O) groups is 1. The minimum atomic E-state index is -0.488. The number of halogens is 2. The Labute approximate surface area is 168 Å². The van der Waals surface area contributed by atoms with E-state index in [4.69, 9.17) is 22.1 Å². The van der Waals surface area contributed by atoms with Crippen molar-refractivity contribution in [1.82, 2.24) is 0 Å². The molecule has 6 nitrogen and oxygen atoms in total. The first-order chi connectivity index (χ1) is 13.5. The summed E-state index contributed by atoms with van der Waals surface area (Å²) in [4.78, 5) is 17.6. The summed E-state index contributed by atoms with van der Waals surface area (Å²) >= 11 is 6.08. The van der Waals surface area contributed by atoms with Crippen LogP contribution in [0.4, 0.5) is 26.2 Å². The molecular weight excluding hydrogens is 383 g/mol. The van der Waals surface area contributed by atoms with Crippen LogP contribution in [0, 0.1) is 5.82 Å². The summed E-state index contributed by atoms with van der Waals surface area (Å²) in [6.45, 7) is 3.54. The molecule has 0 unspecified atom stereocenters. The minimum Gasteiger partial charge on any atom is -0.443 e. The van der Waals surface area contributed by atoms with Gasteiger partial charge in [0.05, 0.1) is 17.9 Å². The number of carbonyl (C=O) groups excluding carboxylic acids is 1. The van der Waals surface area contributed by atoms with Crippen molar-refractivity contribution in [1.29, 1.82) is 0 Å². The maximum atomic E-state index is 14.8. The summed E-state index contributed by atoms with van der Waals surface area (Å²) in [5, 5.41) is 0.707. The Bertz CT molecular complexity index is 873. The van der Waals surface area contributed by atoms with Crippen molar-refractivity contribution in [2.24, 2.45) is 5.73 Å². The number of benzene rings is 2. The number of hydrogen-bond donors (Lipinski definition) is 1. The molecule has 148 valence electrons. The smallest absolute Gasteiger partial charge is 0.414 e. The van der Waals surface area contributed by atoms with E-state index < -0.39 is 6.09 Å². The van der Waals surface area contributed by atoms with Crippen LogP contribution in [0.3, 0.4) is 0 Å². The Kier molecular flexibility index (Phi) is 5.28. The molecule has 1 amide bonds. The molecule has 2 aliphatic heterocycles. The Morgan fingerprint density at radius 1 is 1.07 bits per heavy atom. The molecular formula is C20H22ClFN4O2. The molecule has 2 aromatic carbocycles. The van der Waals surface area contributed by atoms with Crippen molar-refractivity contribution in [3.8, 4) is 0 Å². The van der Waals surface area contributed by atoms with Crippen molar-refractivity contribution in [2.45, 2.75) is 6.10 Å². The van der Waals surface area contributed by atoms with Gasteiger partial charge in [-0.3, -0.25) is 4.90 Å². The van der Waals surface area contributed by atoms with Crippen LogP contribution in [0.25, 0.3) is 0 Å². The number of rotatable bonds is 4. The second-order valence-corrected chi connectivity index (χ2v) is 7.38. The maximum absolute atomic E-state index is 14.8. The molecule has 0 spiro atoms. The van der Waals surface area contributed by atoms with Crippen molar-refractivity contribution in [3.63, 3.8) is 0 Å². The van der Waals surface area contributed by atoms with E-state index in [1.807, 2.05) is 29.2 Å². The number of amides is 1. The molecule has 2 fully saturated rings. The molecule has 2 aromatic rings. The van der Waals surface area contributed by atoms with Crippen molar-refractivity contribution in [3.05, 3.63) is 53.3 Å². The van der Waals surface area contributed by atoms with E-state index in [9.17, 15) is 9.18 Å². The predicted molar refractivity (Wildman–Crippen MR) is 109 cm³/mol. The Morgan fingerprint density at radius 3 is 2.46 bits per heavy atom. The fraction of sp³-hybridized carbons (Fsp3) is 0.350. The first kappa shape index (κ1) is 18.8. The van der Waals surface area contributed by atoms with Gasteiger partial charge < -0.3 is 20.3 Å². The number of cyclic esters (lactones) is 1. The molecule has 0 aromatic heterocycles. The topological polar surface area (TPSA) is 62.0 Å². The van der Waals surface area contributed by atoms with Crippen molar-refractivity contribution < 1.29 is 13.9 Å². The van der Waals surface area contributed by atoms with Crippen LogP contribution >= 0.6 is 11.6 Å². The number of anilines is 3. The van der Waals surface area contributed by atoms with Gasteiger partial charge in [0.2, 0.25) is 0 Å². The summed E-state index contributed by atoms with van der Waals surface area (Å²) in [6.07, 6.45) is -0.840. The summed E-state index contributed by atoms with van der Waals surface area (Å²) in [7, 11) is 0. The number of nitrogens with two attached hydrogens (primary N) is 1. The highest BCUT2D eigenvalue weighted by molar-refractivity contribution is 6.30. The van der Waals surface area contributed by atoms with Crippen molar-refractivity contribution >= 4 is 34.8 Å². The Balaban J connectivity index is 1.44. The van der Waals surface area contributed by atoms with E-state index in [0.717, 1.165) is 18.8 Å². The van der Waals surface area contributed by atoms with Gasteiger partial charge >= 0.3 is 6.09 Å². The quantitative estimate of drug-likeness (QED) is 0.848. The maximum Gasteiger partial charge on any atom is 0.414 e. The third kappa shape index (κ3) is 3.72. The second-order valence-electron chi connectivity index (χ2n) is 6.94.